The molecule has 0 unspecified atom stereocenters. The maximum absolute atomic E-state index is 12.2. The van der Waals surface area contributed by atoms with Crippen LogP contribution in [0.25, 0.3) is 0 Å². The fraction of sp³-hybridized carbons (Fsp3) is 0.579. The van der Waals surface area contributed by atoms with E-state index in [-0.39, 0.29) is 18.4 Å². The van der Waals surface area contributed by atoms with Crippen molar-refractivity contribution < 1.29 is 23.8 Å². The Morgan fingerprint density at radius 3 is 2.52 bits per heavy atom. The minimum Gasteiger partial charge on any atom is -0.497 e. The van der Waals surface area contributed by atoms with Gasteiger partial charge in [-0.25, -0.2) is 4.79 Å². The summed E-state index contributed by atoms with van der Waals surface area (Å²) in [7, 11) is 1.62. The van der Waals surface area contributed by atoms with Crippen molar-refractivity contribution in [1.82, 2.24) is 4.90 Å². The average molecular weight is 349 g/mol. The number of benzene rings is 1. The maximum Gasteiger partial charge on any atom is 0.410 e. The molecular weight excluding hydrogens is 322 g/mol. The molecule has 1 aliphatic heterocycles. The first-order valence-electron chi connectivity index (χ1n) is 8.51. The molecule has 1 fully saturated rings. The number of amides is 1. The quantitative estimate of drug-likeness (QED) is 0.835. The third kappa shape index (κ3) is 6.38. The number of Topliss-reactive ketones (excluding diaryl/α,β-unsaturated/α-hetero) is 1. The van der Waals surface area contributed by atoms with E-state index in [0.29, 0.717) is 26.0 Å². The van der Waals surface area contributed by atoms with Crippen LogP contribution in [0.3, 0.4) is 0 Å². The molecule has 1 aromatic carbocycles. The van der Waals surface area contributed by atoms with Crippen LogP contribution in [-0.4, -0.2) is 48.7 Å². The summed E-state index contributed by atoms with van der Waals surface area (Å²) in [4.78, 5) is 25.7. The van der Waals surface area contributed by atoms with E-state index in [1.54, 1.807) is 7.11 Å². The SMILES string of the molecule is COc1ccc(CO[C@@H]2CCN(C(=O)OC(C)(C)C)CC(=O)C2)cc1. The summed E-state index contributed by atoms with van der Waals surface area (Å²) in [6.07, 6.45) is 0.287. The third-order valence-electron chi connectivity index (χ3n) is 3.84. The zero-order chi connectivity index (χ0) is 18.4. The Balaban J connectivity index is 1.87. The third-order valence-corrected chi connectivity index (χ3v) is 3.84. The highest BCUT2D eigenvalue weighted by Gasteiger charge is 2.28. The van der Waals surface area contributed by atoms with Gasteiger partial charge in [0.25, 0.3) is 0 Å². The van der Waals surface area contributed by atoms with Crippen molar-refractivity contribution in [3.8, 4) is 5.75 Å². The lowest BCUT2D eigenvalue weighted by Crippen LogP contribution is -2.39. The lowest BCUT2D eigenvalue weighted by Gasteiger charge is -2.26. The summed E-state index contributed by atoms with van der Waals surface area (Å²) >= 11 is 0. The fourth-order valence-corrected chi connectivity index (χ4v) is 2.57. The van der Waals surface area contributed by atoms with Gasteiger partial charge in [0, 0.05) is 13.0 Å². The first-order valence-corrected chi connectivity index (χ1v) is 8.51. The summed E-state index contributed by atoms with van der Waals surface area (Å²) in [5, 5.41) is 0. The molecule has 0 aliphatic carbocycles. The molecule has 6 heteroatoms. The van der Waals surface area contributed by atoms with E-state index in [0.717, 1.165) is 11.3 Å². The number of hydrogen-bond donors (Lipinski definition) is 0. The lowest BCUT2D eigenvalue weighted by atomic mass is 10.1. The van der Waals surface area contributed by atoms with Crippen LogP contribution in [-0.2, 0) is 20.9 Å². The van der Waals surface area contributed by atoms with Crippen molar-refractivity contribution in [3.63, 3.8) is 0 Å². The normalized spacial score (nSPS) is 18.6. The topological polar surface area (TPSA) is 65.1 Å². The Morgan fingerprint density at radius 2 is 1.92 bits per heavy atom. The fourth-order valence-electron chi connectivity index (χ4n) is 2.57. The highest BCUT2D eigenvalue weighted by molar-refractivity contribution is 5.84. The molecular formula is C19H27NO5. The van der Waals surface area contributed by atoms with Gasteiger partial charge in [0.15, 0.2) is 5.78 Å². The maximum atomic E-state index is 12.2. The number of ketones is 1. The first-order chi connectivity index (χ1) is 11.8. The molecule has 0 saturated carbocycles. The molecule has 0 radical (unpaired) electrons. The van der Waals surface area contributed by atoms with Crippen LogP contribution < -0.4 is 4.74 Å². The second kappa shape index (κ2) is 8.34. The van der Waals surface area contributed by atoms with E-state index >= 15 is 0 Å². The largest absolute Gasteiger partial charge is 0.497 e. The zero-order valence-corrected chi connectivity index (χ0v) is 15.4. The summed E-state index contributed by atoms with van der Waals surface area (Å²) in [5.41, 5.74) is 0.443. The minimum absolute atomic E-state index is 0.0110. The number of carbonyl (C=O) groups is 2. The highest BCUT2D eigenvalue weighted by atomic mass is 16.6. The summed E-state index contributed by atoms with van der Waals surface area (Å²) in [6.45, 7) is 6.39. The van der Waals surface area contributed by atoms with E-state index < -0.39 is 11.7 Å². The number of likely N-dealkylation sites (tertiary alicyclic amines) is 1. The molecule has 2 rings (SSSR count). The number of ether oxygens (including phenoxy) is 3. The predicted octanol–water partition coefficient (Wildman–Crippen LogP) is 3.18. The number of hydrogen-bond acceptors (Lipinski definition) is 5. The van der Waals surface area contributed by atoms with Crippen molar-refractivity contribution in [2.24, 2.45) is 0 Å². The Bertz CT molecular complexity index is 591. The van der Waals surface area contributed by atoms with Gasteiger partial charge in [-0.3, -0.25) is 4.79 Å². The van der Waals surface area contributed by atoms with Gasteiger partial charge < -0.3 is 19.1 Å². The molecule has 0 spiro atoms. The molecule has 25 heavy (non-hydrogen) atoms. The summed E-state index contributed by atoms with van der Waals surface area (Å²) < 4.78 is 16.4. The van der Waals surface area contributed by atoms with Crippen LogP contribution in [0.1, 0.15) is 39.2 Å². The van der Waals surface area contributed by atoms with Crippen molar-refractivity contribution in [1.29, 1.82) is 0 Å². The first kappa shape index (κ1) is 19.2. The van der Waals surface area contributed by atoms with E-state index in [2.05, 4.69) is 0 Å². The van der Waals surface area contributed by atoms with Gasteiger partial charge in [-0.15, -0.1) is 0 Å². The molecule has 1 heterocycles. The molecule has 138 valence electrons. The van der Waals surface area contributed by atoms with Gasteiger partial charge >= 0.3 is 6.09 Å². The number of rotatable bonds is 4. The molecule has 0 N–H and O–H groups in total. The summed E-state index contributed by atoms with van der Waals surface area (Å²) in [5.74, 6) is 0.782. The van der Waals surface area contributed by atoms with Gasteiger partial charge in [-0.2, -0.15) is 0 Å². The Kier molecular flexibility index (Phi) is 6.42. The Hall–Kier alpha value is -2.08. The Labute approximate surface area is 149 Å². The van der Waals surface area contributed by atoms with Crippen molar-refractivity contribution in [2.75, 3.05) is 20.2 Å². The van der Waals surface area contributed by atoms with Crippen molar-refractivity contribution >= 4 is 11.9 Å². The number of nitrogens with zero attached hydrogens (tertiary/aromatic N) is 1. The van der Waals surface area contributed by atoms with Crippen LogP contribution in [0.15, 0.2) is 24.3 Å². The van der Waals surface area contributed by atoms with E-state index in [9.17, 15) is 9.59 Å². The number of methoxy groups -OCH3 is 1. The standard InChI is InChI=1S/C19H27NO5/c1-19(2,3)25-18(22)20-10-9-17(11-15(21)12-20)24-13-14-5-7-16(23-4)8-6-14/h5-8,17H,9-13H2,1-4H3/t17-/m1/s1. The van der Waals surface area contributed by atoms with Gasteiger partial charge in [-0.1, -0.05) is 12.1 Å². The molecule has 1 atom stereocenters. The molecule has 1 aromatic rings. The molecule has 6 nitrogen and oxygen atoms in total. The molecule has 1 saturated heterocycles. The lowest BCUT2D eigenvalue weighted by molar-refractivity contribution is -0.121. The monoisotopic (exact) mass is 349 g/mol. The zero-order valence-electron chi connectivity index (χ0n) is 15.4. The van der Waals surface area contributed by atoms with E-state index in [1.165, 1.54) is 4.90 Å². The smallest absolute Gasteiger partial charge is 0.410 e. The van der Waals surface area contributed by atoms with Gasteiger partial charge in [0.2, 0.25) is 0 Å². The van der Waals surface area contributed by atoms with Gasteiger partial charge in [-0.05, 0) is 44.9 Å². The second-order valence-corrected chi connectivity index (χ2v) is 7.21. The predicted molar refractivity (Wildman–Crippen MR) is 93.6 cm³/mol. The van der Waals surface area contributed by atoms with Crippen LogP contribution in [0.5, 0.6) is 5.75 Å². The van der Waals surface area contributed by atoms with Crippen molar-refractivity contribution in [2.45, 2.75) is 51.9 Å². The molecule has 1 amide bonds. The van der Waals surface area contributed by atoms with Gasteiger partial charge in [0.1, 0.15) is 11.4 Å². The molecule has 1 aliphatic rings. The summed E-state index contributed by atoms with van der Waals surface area (Å²) in [6, 6.07) is 7.62. The van der Waals surface area contributed by atoms with Crippen LogP contribution in [0, 0.1) is 0 Å². The van der Waals surface area contributed by atoms with Crippen LogP contribution in [0.2, 0.25) is 0 Å². The van der Waals surface area contributed by atoms with E-state index in [1.807, 2.05) is 45.0 Å². The second-order valence-electron chi connectivity index (χ2n) is 7.21. The van der Waals surface area contributed by atoms with Crippen molar-refractivity contribution in [3.05, 3.63) is 29.8 Å². The average Bonchev–Trinajstić information content (AvgIpc) is 2.73. The van der Waals surface area contributed by atoms with Crippen LogP contribution >= 0.6 is 0 Å². The molecule has 0 bridgehead atoms. The highest BCUT2D eigenvalue weighted by Crippen LogP contribution is 2.18. The minimum atomic E-state index is -0.573. The Morgan fingerprint density at radius 1 is 1.24 bits per heavy atom. The van der Waals surface area contributed by atoms with Gasteiger partial charge in [0.05, 0.1) is 26.4 Å². The van der Waals surface area contributed by atoms with Crippen LogP contribution in [0.4, 0.5) is 4.79 Å². The molecule has 0 aromatic heterocycles. The number of carbonyl (C=O) groups excluding carboxylic acids is 2. The van der Waals surface area contributed by atoms with E-state index in [4.69, 9.17) is 14.2 Å².